The Bertz CT molecular complexity index is 425. The van der Waals surface area contributed by atoms with Crippen molar-refractivity contribution in [2.45, 2.75) is 95.5 Å². The second-order valence-corrected chi connectivity index (χ2v) is 9.78. The van der Waals surface area contributed by atoms with E-state index in [0.717, 1.165) is 18.6 Å². The molecule has 0 spiro atoms. The quantitative estimate of drug-likeness (QED) is 0.609. The first-order valence-electron chi connectivity index (χ1n) is 9.61. The molecule has 5 nitrogen and oxygen atoms in total. The Morgan fingerprint density at radius 2 is 1.79 bits per heavy atom. The minimum absolute atomic E-state index is 0.0762. The van der Waals surface area contributed by atoms with Crippen LogP contribution < -0.4 is 21.3 Å². The third-order valence-corrected chi connectivity index (χ3v) is 6.73. The molecule has 1 aliphatic carbocycles. The zero-order chi connectivity index (χ0) is 17.2. The summed E-state index contributed by atoms with van der Waals surface area (Å²) in [6, 6.07) is 1.78. The molecule has 1 saturated carbocycles. The summed E-state index contributed by atoms with van der Waals surface area (Å²) in [5.74, 6) is 1.23. The third kappa shape index (κ3) is 4.87. The molecule has 1 amide bonds. The van der Waals surface area contributed by atoms with Crippen LogP contribution in [-0.2, 0) is 4.79 Å². The number of hydrogen-bond donors (Lipinski definition) is 4. The second-order valence-electron chi connectivity index (χ2n) is 8.64. The highest BCUT2D eigenvalue weighted by Crippen LogP contribution is 2.29. The number of carbonyl (C=O) groups excluding carboxylic acids is 1. The number of rotatable bonds is 5. The van der Waals surface area contributed by atoms with E-state index in [1.54, 1.807) is 0 Å². The zero-order valence-corrected chi connectivity index (χ0v) is 16.2. The molecule has 4 unspecified atom stereocenters. The third-order valence-electron chi connectivity index (χ3n) is 5.61. The van der Waals surface area contributed by atoms with E-state index in [1.165, 1.54) is 25.7 Å². The molecule has 2 aliphatic heterocycles. The summed E-state index contributed by atoms with van der Waals surface area (Å²) in [6.07, 6.45) is 8.30. The van der Waals surface area contributed by atoms with E-state index in [4.69, 9.17) is 0 Å². The molecule has 0 radical (unpaired) electrons. The molecule has 0 aromatic carbocycles. The van der Waals surface area contributed by atoms with Gasteiger partial charge < -0.3 is 5.32 Å². The van der Waals surface area contributed by atoms with Crippen LogP contribution in [0.3, 0.4) is 0 Å². The fraction of sp³-hybridized carbons (Fsp3) is 0.944. The standard InChI is InChI=1S/C18H34N4OS/c1-18(2,3)14-11-24-17(21-14)22-16(23)10-6-9-15-19-12-7-4-5-8-13(12)20-15/h12-15,17,19-21H,4-11H2,1-3H3,(H,22,23). The van der Waals surface area contributed by atoms with Crippen molar-refractivity contribution in [2.24, 2.45) is 5.41 Å². The fourth-order valence-electron chi connectivity index (χ4n) is 4.00. The molecule has 24 heavy (non-hydrogen) atoms. The fourth-order valence-corrected chi connectivity index (χ4v) is 5.46. The summed E-state index contributed by atoms with van der Waals surface area (Å²) in [7, 11) is 0. The molecule has 4 atom stereocenters. The van der Waals surface area contributed by atoms with Crippen molar-refractivity contribution < 1.29 is 4.79 Å². The highest BCUT2D eigenvalue weighted by Gasteiger charge is 2.35. The average molecular weight is 355 g/mol. The van der Waals surface area contributed by atoms with E-state index in [9.17, 15) is 4.79 Å². The average Bonchev–Trinajstić information content (AvgIpc) is 3.12. The summed E-state index contributed by atoms with van der Waals surface area (Å²) in [6.45, 7) is 6.73. The topological polar surface area (TPSA) is 65.2 Å². The first kappa shape index (κ1) is 18.5. The van der Waals surface area contributed by atoms with Gasteiger partial charge in [0.2, 0.25) is 5.91 Å². The lowest BCUT2D eigenvalue weighted by atomic mass is 9.88. The van der Waals surface area contributed by atoms with Gasteiger partial charge in [0.25, 0.3) is 0 Å². The van der Waals surface area contributed by atoms with Gasteiger partial charge in [-0.05, 0) is 31.1 Å². The van der Waals surface area contributed by atoms with Gasteiger partial charge in [-0.1, -0.05) is 33.6 Å². The normalized spacial score (nSPS) is 36.5. The first-order chi connectivity index (χ1) is 11.4. The van der Waals surface area contributed by atoms with Gasteiger partial charge in [0.1, 0.15) is 5.50 Å². The Hall–Kier alpha value is -0.300. The smallest absolute Gasteiger partial charge is 0.221 e. The molecule has 0 aromatic rings. The Morgan fingerprint density at radius 1 is 1.12 bits per heavy atom. The minimum atomic E-state index is 0.0762. The van der Waals surface area contributed by atoms with Crippen molar-refractivity contribution in [3.05, 3.63) is 0 Å². The predicted octanol–water partition coefficient (Wildman–Crippen LogP) is 2.14. The summed E-state index contributed by atoms with van der Waals surface area (Å²) in [5.41, 5.74) is 0.315. The van der Waals surface area contributed by atoms with E-state index in [0.29, 0.717) is 30.7 Å². The SMILES string of the molecule is CC(C)(C)C1CSC(NC(=O)CCCC2NC3CCCCC3N2)N1. The monoisotopic (exact) mass is 354 g/mol. The first-order valence-corrected chi connectivity index (χ1v) is 10.7. The maximum Gasteiger partial charge on any atom is 0.221 e. The molecule has 3 aliphatic rings. The number of carbonyl (C=O) groups is 1. The second kappa shape index (κ2) is 7.94. The summed E-state index contributed by atoms with van der Waals surface area (Å²) in [4.78, 5) is 12.2. The summed E-state index contributed by atoms with van der Waals surface area (Å²) in [5, 5.41) is 14.1. The lowest BCUT2D eigenvalue weighted by Gasteiger charge is -2.27. The summed E-state index contributed by atoms with van der Waals surface area (Å²) >= 11 is 1.81. The van der Waals surface area contributed by atoms with Crippen LogP contribution in [0.4, 0.5) is 0 Å². The van der Waals surface area contributed by atoms with Crippen LogP contribution in [0.25, 0.3) is 0 Å². The van der Waals surface area contributed by atoms with Crippen molar-refractivity contribution in [2.75, 3.05) is 5.75 Å². The van der Waals surface area contributed by atoms with Crippen LogP contribution in [0.2, 0.25) is 0 Å². The van der Waals surface area contributed by atoms with Crippen molar-refractivity contribution in [3.63, 3.8) is 0 Å². The van der Waals surface area contributed by atoms with E-state index in [2.05, 4.69) is 42.0 Å². The van der Waals surface area contributed by atoms with Crippen molar-refractivity contribution in [1.82, 2.24) is 21.3 Å². The van der Waals surface area contributed by atoms with Gasteiger partial charge >= 0.3 is 0 Å². The highest BCUT2D eigenvalue weighted by atomic mass is 32.2. The number of amides is 1. The van der Waals surface area contributed by atoms with Crippen molar-refractivity contribution in [1.29, 1.82) is 0 Å². The molecule has 2 heterocycles. The Kier molecular flexibility index (Phi) is 6.11. The van der Waals surface area contributed by atoms with Crippen LogP contribution in [0.1, 0.15) is 65.7 Å². The van der Waals surface area contributed by atoms with Crippen molar-refractivity contribution >= 4 is 17.7 Å². The number of hydrogen-bond acceptors (Lipinski definition) is 5. The van der Waals surface area contributed by atoms with Crippen molar-refractivity contribution in [3.8, 4) is 0 Å². The number of thioether (sulfide) groups is 1. The molecule has 6 heteroatoms. The van der Waals surface area contributed by atoms with Gasteiger partial charge in [0.05, 0.1) is 6.17 Å². The van der Waals surface area contributed by atoms with E-state index < -0.39 is 0 Å². The highest BCUT2D eigenvalue weighted by molar-refractivity contribution is 8.00. The number of nitrogens with one attached hydrogen (secondary N) is 4. The molecule has 0 bridgehead atoms. The van der Waals surface area contributed by atoms with Gasteiger partial charge in [-0.15, -0.1) is 11.8 Å². The van der Waals surface area contributed by atoms with E-state index >= 15 is 0 Å². The largest absolute Gasteiger partial charge is 0.332 e. The van der Waals surface area contributed by atoms with Crippen LogP contribution in [-0.4, -0.2) is 41.4 Å². The van der Waals surface area contributed by atoms with Crippen LogP contribution >= 0.6 is 11.8 Å². The lowest BCUT2D eigenvalue weighted by molar-refractivity contribution is -0.121. The number of fused-ring (bicyclic) bond motifs is 1. The molecule has 3 rings (SSSR count). The van der Waals surface area contributed by atoms with Gasteiger partial charge in [0, 0.05) is 30.3 Å². The Balaban J connectivity index is 1.31. The Labute approximate surface area is 150 Å². The molecule has 3 fully saturated rings. The minimum Gasteiger partial charge on any atom is -0.332 e. The molecule has 0 aromatic heterocycles. The van der Waals surface area contributed by atoms with Gasteiger partial charge in [-0.25, -0.2) is 0 Å². The van der Waals surface area contributed by atoms with Gasteiger partial charge in [-0.2, -0.15) is 0 Å². The zero-order valence-electron chi connectivity index (χ0n) is 15.4. The molecule has 2 saturated heterocycles. The van der Waals surface area contributed by atoms with E-state index in [-0.39, 0.29) is 16.8 Å². The maximum absolute atomic E-state index is 12.2. The molecular formula is C18H34N4OS. The summed E-state index contributed by atoms with van der Waals surface area (Å²) < 4.78 is 0. The van der Waals surface area contributed by atoms with Crippen LogP contribution in [0.5, 0.6) is 0 Å². The molecule has 4 N–H and O–H groups in total. The Morgan fingerprint density at radius 3 is 2.38 bits per heavy atom. The van der Waals surface area contributed by atoms with E-state index in [1.807, 2.05) is 11.8 Å². The van der Waals surface area contributed by atoms with Gasteiger partial charge in [0.15, 0.2) is 0 Å². The van der Waals surface area contributed by atoms with Crippen LogP contribution in [0.15, 0.2) is 0 Å². The van der Waals surface area contributed by atoms with Crippen LogP contribution in [0, 0.1) is 5.41 Å². The molecular weight excluding hydrogens is 320 g/mol. The lowest BCUT2D eigenvalue weighted by Crippen LogP contribution is -2.46. The van der Waals surface area contributed by atoms with Gasteiger partial charge in [-0.3, -0.25) is 20.7 Å². The predicted molar refractivity (Wildman–Crippen MR) is 101 cm³/mol. The molecule has 138 valence electrons. The maximum atomic E-state index is 12.2.